The first kappa shape index (κ1) is 13.0. The summed E-state index contributed by atoms with van der Waals surface area (Å²) in [5.41, 5.74) is -1.13. The predicted octanol–water partition coefficient (Wildman–Crippen LogP) is 3.31. The van der Waals surface area contributed by atoms with E-state index in [2.05, 4.69) is 15.9 Å². The Morgan fingerprint density at radius 1 is 1.44 bits per heavy atom. The van der Waals surface area contributed by atoms with Crippen LogP contribution in [0.5, 0.6) is 5.75 Å². The minimum absolute atomic E-state index is 0.136. The van der Waals surface area contributed by atoms with Crippen molar-refractivity contribution in [3.05, 3.63) is 27.7 Å². The molecule has 0 aromatic heterocycles. The SMILES string of the molecule is CC(=O)Cc1cc(Br)c(O)cc1C(F)(F)F. The monoisotopic (exact) mass is 296 g/mol. The molecule has 0 amide bonds. The molecule has 0 aliphatic rings. The standard InChI is InChI=1S/C10H8BrF3O2/c1-5(15)2-6-3-8(11)9(16)4-7(6)10(12,13)14/h3-4,16H,2H2,1H3. The van der Waals surface area contributed by atoms with E-state index in [0.717, 1.165) is 6.07 Å². The van der Waals surface area contributed by atoms with Gasteiger partial charge in [0.05, 0.1) is 10.0 Å². The van der Waals surface area contributed by atoms with Gasteiger partial charge in [-0.15, -0.1) is 0 Å². The first-order valence-electron chi connectivity index (χ1n) is 4.30. The topological polar surface area (TPSA) is 37.3 Å². The normalized spacial score (nSPS) is 11.6. The van der Waals surface area contributed by atoms with E-state index in [1.54, 1.807) is 0 Å². The van der Waals surface area contributed by atoms with E-state index in [1.807, 2.05) is 0 Å². The molecule has 0 radical (unpaired) electrons. The minimum Gasteiger partial charge on any atom is -0.507 e. The maximum Gasteiger partial charge on any atom is 0.416 e. The van der Waals surface area contributed by atoms with Crippen LogP contribution in [0.3, 0.4) is 0 Å². The summed E-state index contributed by atoms with van der Waals surface area (Å²) < 4.78 is 37.9. The van der Waals surface area contributed by atoms with Crippen LogP contribution in [0.4, 0.5) is 13.2 Å². The first-order valence-corrected chi connectivity index (χ1v) is 5.09. The molecule has 0 aliphatic heterocycles. The molecule has 0 aliphatic carbocycles. The Morgan fingerprint density at radius 2 is 2.00 bits per heavy atom. The van der Waals surface area contributed by atoms with Crippen molar-refractivity contribution in [3.63, 3.8) is 0 Å². The Bertz CT molecular complexity index is 427. The van der Waals surface area contributed by atoms with Gasteiger partial charge in [0.1, 0.15) is 11.5 Å². The molecule has 0 fully saturated rings. The highest BCUT2D eigenvalue weighted by atomic mass is 79.9. The van der Waals surface area contributed by atoms with Crippen LogP contribution >= 0.6 is 15.9 Å². The Morgan fingerprint density at radius 3 is 2.44 bits per heavy atom. The van der Waals surface area contributed by atoms with E-state index in [1.165, 1.54) is 6.92 Å². The molecule has 0 saturated carbocycles. The van der Waals surface area contributed by atoms with Gasteiger partial charge in [0.25, 0.3) is 0 Å². The molecular formula is C10H8BrF3O2. The van der Waals surface area contributed by atoms with E-state index in [9.17, 15) is 23.1 Å². The van der Waals surface area contributed by atoms with E-state index in [0.29, 0.717) is 6.07 Å². The third-order valence-electron chi connectivity index (χ3n) is 1.92. The Kier molecular flexibility index (Phi) is 3.62. The lowest BCUT2D eigenvalue weighted by molar-refractivity contribution is -0.138. The number of alkyl halides is 3. The van der Waals surface area contributed by atoms with Crippen molar-refractivity contribution in [2.45, 2.75) is 19.5 Å². The van der Waals surface area contributed by atoms with E-state index in [4.69, 9.17) is 0 Å². The maximum atomic E-state index is 12.6. The molecule has 1 N–H and O–H groups in total. The van der Waals surface area contributed by atoms with Gasteiger partial charge in [-0.3, -0.25) is 4.79 Å². The molecule has 1 rings (SSSR count). The van der Waals surface area contributed by atoms with Crippen molar-refractivity contribution in [3.8, 4) is 5.75 Å². The van der Waals surface area contributed by atoms with Gasteiger partial charge >= 0.3 is 6.18 Å². The lowest BCUT2D eigenvalue weighted by Gasteiger charge is -2.13. The number of carbonyl (C=O) groups is 1. The second-order valence-electron chi connectivity index (χ2n) is 3.34. The number of phenolic OH excluding ortho intramolecular Hbond substituents is 1. The molecular weight excluding hydrogens is 289 g/mol. The zero-order valence-electron chi connectivity index (χ0n) is 8.23. The van der Waals surface area contributed by atoms with Gasteiger partial charge in [0.2, 0.25) is 0 Å². The molecule has 6 heteroatoms. The van der Waals surface area contributed by atoms with Crippen LogP contribution in [-0.4, -0.2) is 10.9 Å². The Labute approximate surface area is 98.2 Å². The third-order valence-corrected chi connectivity index (χ3v) is 2.55. The molecule has 0 saturated heterocycles. The molecule has 16 heavy (non-hydrogen) atoms. The van der Waals surface area contributed by atoms with Gasteiger partial charge in [-0.25, -0.2) is 0 Å². The summed E-state index contributed by atoms with van der Waals surface area (Å²) in [6, 6.07) is 1.72. The van der Waals surface area contributed by atoms with Crippen LogP contribution in [0.25, 0.3) is 0 Å². The van der Waals surface area contributed by atoms with Crippen LogP contribution in [0, 0.1) is 0 Å². The highest BCUT2D eigenvalue weighted by Gasteiger charge is 2.34. The summed E-state index contributed by atoms with van der Waals surface area (Å²) >= 11 is 2.91. The fraction of sp³-hybridized carbons (Fsp3) is 0.300. The van der Waals surface area contributed by atoms with E-state index < -0.39 is 17.5 Å². The quantitative estimate of drug-likeness (QED) is 0.909. The summed E-state index contributed by atoms with van der Waals surface area (Å²) in [6.45, 7) is 1.21. The molecule has 0 heterocycles. The number of Topliss-reactive ketones (excluding diaryl/α,β-unsaturated/α-hetero) is 1. The van der Waals surface area contributed by atoms with Crippen molar-refractivity contribution in [2.75, 3.05) is 0 Å². The van der Waals surface area contributed by atoms with Gasteiger partial charge in [0, 0.05) is 6.42 Å². The number of benzene rings is 1. The smallest absolute Gasteiger partial charge is 0.416 e. The van der Waals surface area contributed by atoms with Crippen LogP contribution < -0.4 is 0 Å². The molecule has 0 unspecified atom stereocenters. The van der Waals surface area contributed by atoms with Crippen LogP contribution in [0.2, 0.25) is 0 Å². The fourth-order valence-corrected chi connectivity index (χ4v) is 1.67. The van der Waals surface area contributed by atoms with Gasteiger partial charge in [-0.2, -0.15) is 13.2 Å². The molecule has 0 spiro atoms. The highest BCUT2D eigenvalue weighted by molar-refractivity contribution is 9.10. The van der Waals surface area contributed by atoms with Crippen molar-refractivity contribution in [1.82, 2.24) is 0 Å². The lowest BCUT2D eigenvalue weighted by Crippen LogP contribution is -2.11. The second kappa shape index (κ2) is 4.45. The molecule has 1 aromatic carbocycles. The first-order chi connectivity index (χ1) is 7.21. The number of ketones is 1. The maximum absolute atomic E-state index is 12.6. The molecule has 0 bridgehead atoms. The number of carbonyl (C=O) groups excluding carboxylic acids is 1. The average Bonchev–Trinajstić information content (AvgIpc) is 2.08. The van der Waals surface area contributed by atoms with Crippen LogP contribution in [0.1, 0.15) is 18.1 Å². The molecule has 1 aromatic rings. The predicted molar refractivity (Wildman–Crippen MR) is 55.2 cm³/mol. The van der Waals surface area contributed by atoms with Crippen molar-refractivity contribution < 1.29 is 23.1 Å². The van der Waals surface area contributed by atoms with Gasteiger partial charge in [-0.05, 0) is 40.5 Å². The van der Waals surface area contributed by atoms with Crippen molar-refractivity contribution in [1.29, 1.82) is 0 Å². The molecule has 2 nitrogen and oxygen atoms in total. The Hall–Kier alpha value is -1.04. The third kappa shape index (κ3) is 2.98. The van der Waals surface area contributed by atoms with E-state index >= 15 is 0 Å². The zero-order valence-corrected chi connectivity index (χ0v) is 9.82. The summed E-state index contributed by atoms with van der Waals surface area (Å²) in [4.78, 5) is 10.8. The summed E-state index contributed by atoms with van der Waals surface area (Å²) in [5.74, 6) is -0.872. The van der Waals surface area contributed by atoms with E-state index in [-0.39, 0.29) is 22.2 Å². The summed E-state index contributed by atoms with van der Waals surface area (Å²) in [7, 11) is 0. The second-order valence-corrected chi connectivity index (χ2v) is 4.19. The zero-order chi connectivity index (χ0) is 12.5. The van der Waals surface area contributed by atoms with Crippen molar-refractivity contribution in [2.24, 2.45) is 0 Å². The largest absolute Gasteiger partial charge is 0.507 e. The number of phenols is 1. The number of halogens is 4. The minimum atomic E-state index is -4.58. The number of hydrogen-bond acceptors (Lipinski definition) is 2. The van der Waals surface area contributed by atoms with Gasteiger partial charge in [0.15, 0.2) is 0 Å². The number of rotatable bonds is 2. The molecule has 88 valence electrons. The Balaban J connectivity index is 3.33. The van der Waals surface area contributed by atoms with Crippen LogP contribution in [-0.2, 0) is 17.4 Å². The molecule has 0 atom stereocenters. The summed E-state index contributed by atoms with van der Waals surface area (Å²) in [5, 5.41) is 9.19. The van der Waals surface area contributed by atoms with Gasteiger partial charge < -0.3 is 5.11 Å². The van der Waals surface area contributed by atoms with Gasteiger partial charge in [-0.1, -0.05) is 0 Å². The summed E-state index contributed by atoms with van der Waals surface area (Å²) in [6.07, 6.45) is -4.89. The van der Waals surface area contributed by atoms with Crippen LogP contribution in [0.15, 0.2) is 16.6 Å². The highest BCUT2D eigenvalue weighted by Crippen LogP contribution is 2.37. The number of aromatic hydroxyl groups is 1. The lowest BCUT2D eigenvalue weighted by atomic mass is 10.0. The van der Waals surface area contributed by atoms with Crippen molar-refractivity contribution >= 4 is 21.7 Å². The average molecular weight is 297 g/mol. The fourth-order valence-electron chi connectivity index (χ4n) is 1.28. The number of hydrogen-bond donors (Lipinski definition) is 1.